The summed E-state index contributed by atoms with van der Waals surface area (Å²) in [6, 6.07) is 15.0. The van der Waals surface area contributed by atoms with Crippen LogP contribution in [0.2, 0.25) is 0 Å². The first-order valence-electron chi connectivity index (χ1n) is 8.45. The van der Waals surface area contributed by atoms with E-state index in [1.165, 1.54) is 6.08 Å². The minimum Gasteiger partial charge on any atom is -0.497 e. The third-order valence-electron chi connectivity index (χ3n) is 4.42. The van der Waals surface area contributed by atoms with Crippen LogP contribution in [-0.2, 0) is 9.59 Å². The van der Waals surface area contributed by atoms with Crippen LogP contribution in [0.5, 0.6) is 5.75 Å². The average Bonchev–Trinajstić information content (AvgIpc) is 2.63. The Morgan fingerprint density at radius 1 is 0.885 bits per heavy atom. The molecule has 2 aromatic carbocycles. The van der Waals surface area contributed by atoms with Crippen LogP contribution in [0.25, 0.3) is 5.57 Å². The Bertz CT molecular complexity index is 934. The second-order valence-electron chi connectivity index (χ2n) is 6.97. The minimum absolute atomic E-state index is 0.00651. The monoisotopic (exact) mass is 344 g/mol. The van der Waals surface area contributed by atoms with E-state index in [9.17, 15) is 9.59 Å². The Morgan fingerprint density at radius 3 is 1.96 bits per heavy atom. The quantitative estimate of drug-likeness (QED) is 0.772. The number of carbonyl (C=O) groups excluding carboxylic acids is 2. The molecule has 3 nitrogen and oxygen atoms in total. The van der Waals surface area contributed by atoms with Gasteiger partial charge in [-0.05, 0) is 48.0 Å². The van der Waals surface area contributed by atoms with Crippen LogP contribution in [0, 0.1) is 17.3 Å². The first kappa shape index (κ1) is 17.7. The summed E-state index contributed by atoms with van der Waals surface area (Å²) in [7, 11) is 1.63. The number of ketones is 2. The van der Waals surface area contributed by atoms with Crippen LogP contribution in [-0.4, -0.2) is 18.7 Å². The molecule has 1 aliphatic rings. The largest absolute Gasteiger partial charge is 0.497 e. The summed E-state index contributed by atoms with van der Waals surface area (Å²) in [6.07, 6.45) is 1.73. The van der Waals surface area contributed by atoms with E-state index in [0.29, 0.717) is 5.57 Å². The van der Waals surface area contributed by atoms with Crippen molar-refractivity contribution in [2.45, 2.75) is 20.3 Å². The second-order valence-corrected chi connectivity index (χ2v) is 6.97. The second kappa shape index (κ2) is 7.01. The summed E-state index contributed by atoms with van der Waals surface area (Å²) < 4.78 is 5.13. The smallest absolute Gasteiger partial charge is 0.169 e. The van der Waals surface area contributed by atoms with E-state index in [0.717, 1.165) is 22.4 Å². The fourth-order valence-electron chi connectivity index (χ4n) is 2.92. The standard InChI is InChI=1S/C23H20O3/c1-23(2)15-19(24)14-21(22(23)25)18-10-6-16(7-11-18)4-5-17-8-12-20(26-3)13-9-17/h6-14H,15H2,1-3H3. The maximum absolute atomic E-state index is 12.6. The molecule has 2 aromatic rings. The predicted octanol–water partition coefficient (Wildman–Crippen LogP) is 4.05. The Hall–Kier alpha value is -3.12. The molecule has 130 valence electrons. The maximum atomic E-state index is 12.6. The molecule has 1 aliphatic carbocycles. The summed E-state index contributed by atoms with van der Waals surface area (Å²) in [6.45, 7) is 3.63. The van der Waals surface area contributed by atoms with E-state index in [-0.39, 0.29) is 18.0 Å². The highest BCUT2D eigenvalue weighted by Crippen LogP contribution is 2.34. The lowest BCUT2D eigenvalue weighted by Crippen LogP contribution is -2.31. The van der Waals surface area contributed by atoms with E-state index in [4.69, 9.17) is 4.74 Å². The summed E-state index contributed by atoms with van der Waals surface area (Å²) in [5.41, 5.74) is 2.34. The highest BCUT2D eigenvalue weighted by atomic mass is 16.5. The molecule has 0 spiro atoms. The molecule has 0 aliphatic heterocycles. The number of methoxy groups -OCH3 is 1. The van der Waals surface area contributed by atoms with Crippen LogP contribution >= 0.6 is 0 Å². The number of hydrogen-bond donors (Lipinski definition) is 0. The molecule has 0 atom stereocenters. The fourth-order valence-corrected chi connectivity index (χ4v) is 2.92. The van der Waals surface area contributed by atoms with E-state index >= 15 is 0 Å². The van der Waals surface area contributed by atoms with Crippen molar-refractivity contribution in [1.82, 2.24) is 0 Å². The van der Waals surface area contributed by atoms with Crippen molar-refractivity contribution in [1.29, 1.82) is 0 Å². The van der Waals surface area contributed by atoms with Gasteiger partial charge in [0, 0.05) is 28.5 Å². The van der Waals surface area contributed by atoms with E-state index in [1.807, 2.05) is 62.4 Å². The molecular weight excluding hydrogens is 324 g/mol. The van der Waals surface area contributed by atoms with Gasteiger partial charge in [-0.2, -0.15) is 0 Å². The molecule has 3 rings (SSSR count). The van der Waals surface area contributed by atoms with Crippen molar-refractivity contribution in [2.75, 3.05) is 7.11 Å². The Balaban J connectivity index is 1.82. The van der Waals surface area contributed by atoms with Crippen molar-refractivity contribution in [3.05, 3.63) is 71.3 Å². The molecule has 0 fully saturated rings. The van der Waals surface area contributed by atoms with Crippen molar-refractivity contribution < 1.29 is 14.3 Å². The summed E-state index contributed by atoms with van der Waals surface area (Å²) in [5, 5.41) is 0. The van der Waals surface area contributed by atoms with Gasteiger partial charge in [0.1, 0.15) is 5.75 Å². The molecule has 0 N–H and O–H groups in total. The molecule has 0 amide bonds. The number of hydrogen-bond acceptors (Lipinski definition) is 3. The molecular formula is C23H20O3. The van der Waals surface area contributed by atoms with Crippen molar-refractivity contribution in [3.63, 3.8) is 0 Å². The first-order valence-corrected chi connectivity index (χ1v) is 8.45. The lowest BCUT2D eigenvalue weighted by atomic mass is 9.74. The molecule has 0 radical (unpaired) electrons. The highest BCUT2D eigenvalue weighted by Gasteiger charge is 2.36. The van der Waals surface area contributed by atoms with Gasteiger partial charge in [0.2, 0.25) is 0 Å². The molecule has 0 unspecified atom stereocenters. The van der Waals surface area contributed by atoms with Crippen molar-refractivity contribution in [3.8, 4) is 17.6 Å². The summed E-state index contributed by atoms with van der Waals surface area (Å²) in [5.74, 6) is 7.00. The van der Waals surface area contributed by atoms with Crippen LogP contribution in [0.4, 0.5) is 0 Å². The van der Waals surface area contributed by atoms with Crippen molar-refractivity contribution in [2.24, 2.45) is 5.41 Å². The lowest BCUT2D eigenvalue weighted by molar-refractivity contribution is -0.127. The highest BCUT2D eigenvalue weighted by molar-refractivity contribution is 6.30. The van der Waals surface area contributed by atoms with Gasteiger partial charge in [-0.3, -0.25) is 9.59 Å². The zero-order chi connectivity index (χ0) is 18.7. The molecule has 0 heterocycles. The number of benzene rings is 2. The fraction of sp³-hybridized carbons (Fsp3) is 0.217. The summed E-state index contributed by atoms with van der Waals surface area (Å²) >= 11 is 0. The third kappa shape index (κ3) is 3.75. The van der Waals surface area contributed by atoms with Crippen LogP contribution in [0.1, 0.15) is 37.0 Å². The molecule has 0 saturated carbocycles. The van der Waals surface area contributed by atoms with Gasteiger partial charge in [-0.1, -0.05) is 37.8 Å². The van der Waals surface area contributed by atoms with Gasteiger partial charge in [0.05, 0.1) is 7.11 Å². The topological polar surface area (TPSA) is 43.4 Å². The lowest BCUT2D eigenvalue weighted by Gasteiger charge is -2.27. The van der Waals surface area contributed by atoms with Gasteiger partial charge in [0.15, 0.2) is 11.6 Å². The Labute approximate surface area is 153 Å². The number of Topliss-reactive ketones (excluding diaryl/α,β-unsaturated/α-hetero) is 1. The van der Waals surface area contributed by atoms with E-state index in [1.54, 1.807) is 7.11 Å². The Kier molecular flexibility index (Phi) is 4.77. The number of rotatable bonds is 2. The number of carbonyl (C=O) groups is 2. The van der Waals surface area contributed by atoms with Crippen LogP contribution in [0.15, 0.2) is 54.6 Å². The molecule has 26 heavy (non-hydrogen) atoms. The van der Waals surface area contributed by atoms with Crippen LogP contribution < -0.4 is 4.74 Å². The zero-order valence-corrected chi connectivity index (χ0v) is 15.1. The van der Waals surface area contributed by atoms with Gasteiger partial charge >= 0.3 is 0 Å². The Morgan fingerprint density at radius 2 is 1.42 bits per heavy atom. The normalized spacial score (nSPS) is 15.7. The van der Waals surface area contributed by atoms with Gasteiger partial charge in [-0.25, -0.2) is 0 Å². The molecule has 0 saturated heterocycles. The number of ether oxygens (including phenoxy) is 1. The molecule has 3 heteroatoms. The molecule has 0 bridgehead atoms. The van der Waals surface area contributed by atoms with Gasteiger partial charge < -0.3 is 4.74 Å². The predicted molar refractivity (Wildman–Crippen MR) is 102 cm³/mol. The molecule has 0 aromatic heterocycles. The summed E-state index contributed by atoms with van der Waals surface area (Å²) in [4.78, 5) is 24.5. The van der Waals surface area contributed by atoms with Crippen molar-refractivity contribution >= 4 is 17.1 Å². The van der Waals surface area contributed by atoms with E-state index in [2.05, 4.69) is 11.8 Å². The first-order chi connectivity index (χ1) is 12.4. The third-order valence-corrected chi connectivity index (χ3v) is 4.42. The zero-order valence-electron chi connectivity index (χ0n) is 15.1. The van der Waals surface area contributed by atoms with Gasteiger partial charge in [-0.15, -0.1) is 0 Å². The number of allylic oxidation sites excluding steroid dienone is 2. The minimum atomic E-state index is -0.645. The SMILES string of the molecule is COc1ccc(C#Cc2ccc(C3=CC(=O)CC(C)(C)C3=O)cc2)cc1. The maximum Gasteiger partial charge on any atom is 0.169 e. The van der Waals surface area contributed by atoms with Gasteiger partial charge in [0.25, 0.3) is 0 Å². The average molecular weight is 344 g/mol. The van der Waals surface area contributed by atoms with Crippen LogP contribution in [0.3, 0.4) is 0 Å². The van der Waals surface area contributed by atoms with E-state index < -0.39 is 5.41 Å².